The van der Waals surface area contributed by atoms with Crippen molar-refractivity contribution in [1.29, 1.82) is 0 Å². The van der Waals surface area contributed by atoms with E-state index in [0.29, 0.717) is 5.56 Å². The topological polar surface area (TPSA) is 198 Å². The summed E-state index contributed by atoms with van der Waals surface area (Å²) in [5.74, 6) is -0.698. The van der Waals surface area contributed by atoms with E-state index in [1.54, 1.807) is 12.1 Å². The first-order valence-electron chi connectivity index (χ1n) is 10.5. The van der Waals surface area contributed by atoms with Crippen molar-refractivity contribution < 1.29 is 99.4 Å². The van der Waals surface area contributed by atoms with Gasteiger partial charge in [-0.3, -0.25) is 9.59 Å². The summed E-state index contributed by atoms with van der Waals surface area (Å²) < 4.78 is 76.7. The van der Waals surface area contributed by atoms with Gasteiger partial charge in [0, 0.05) is 19.6 Å². The Morgan fingerprint density at radius 1 is 0.947 bits per heavy atom. The number of Topliss-reactive ketones (excluding diaryl/α,β-unsaturated/α-hetero) is 1. The maximum absolute atomic E-state index is 11.9. The number of carbonyl (C=O) groups excluding carboxylic acids is 2. The van der Waals surface area contributed by atoms with Crippen molar-refractivity contribution in [2.75, 3.05) is 31.2 Å². The Bertz CT molecular complexity index is 1390. The maximum Gasteiger partial charge on any atom is 1.00 e. The number of hydrogen-bond donors (Lipinski definition) is 1. The molecule has 1 aliphatic heterocycles. The Kier molecular flexibility index (Phi) is 13.7. The quantitative estimate of drug-likeness (QED) is 0.129. The molecule has 0 aromatic heterocycles. The van der Waals surface area contributed by atoms with Crippen LogP contribution in [-0.2, 0) is 41.1 Å². The fourth-order valence-electron chi connectivity index (χ4n) is 3.35. The molecule has 3 rings (SSSR count). The van der Waals surface area contributed by atoms with Crippen LogP contribution in [0.25, 0.3) is 0 Å². The summed E-state index contributed by atoms with van der Waals surface area (Å²) in [6.45, 7) is 2.25. The van der Waals surface area contributed by atoms with Gasteiger partial charge in [0.2, 0.25) is 5.91 Å². The van der Waals surface area contributed by atoms with Crippen molar-refractivity contribution in [3.05, 3.63) is 42.0 Å². The zero-order valence-electron chi connectivity index (χ0n) is 21.0. The molecule has 0 saturated carbocycles. The average molecular weight is 585 g/mol. The van der Waals surface area contributed by atoms with Crippen molar-refractivity contribution in [2.45, 2.75) is 29.7 Å². The third kappa shape index (κ3) is 10.1. The molecule has 0 bridgehead atoms. The van der Waals surface area contributed by atoms with Crippen molar-refractivity contribution in [2.24, 2.45) is 10.2 Å². The van der Waals surface area contributed by atoms with Crippen LogP contribution in [0.4, 0.5) is 17.1 Å². The van der Waals surface area contributed by atoms with Gasteiger partial charge in [0.25, 0.3) is 0 Å². The molecule has 0 aliphatic carbocycles. The number of benzene rings is 2. The van der Waals surface area contributed by atoms with Gasteiger partial charge in [0.15, 0.2) is 0 Å². The molecular weight excluding hydrogens is 562 g/mol. The van der Waals surface area contributed by atoms with Crippen LogP contribution in [0.2, 0.25) is 0 Å². The standard InChI is InChI=1S/C21H24N4O9S2.2Na/c1-14(26)10-21(27)22-13-15-2-4-16(5-3-15)23-24-17-11-20(36(31,32)33)18(12-19(17)35(28,29)30)25-6-8-34-9-7-25;;/h2-5,11-12H,6-10,13H2,1H3,(H,22,27)(H,28,29,30)(H,31,32,33);;/q;2*+1/p-2. The predicted molar refractivity (Wildman–Crippen MR) is 123 cm³/mol. The third-order valence-corrected chi connectivity index (χ3v) is 6.77. The van der Waals surface area contributed by atoms with Gasteiger partial charge in [-0.2, -0.15) is 5.11 Å². The molecule has 2 aromatic carbocycles. The number of ether oxygens (including phenoxy) is 1. The van der Waals surface area contributed by atoms with Gasteiger partial charge in [-0.1, -0.05) is 12.1 Å². The van der Waals surface area contributed by atoms with Gasteiger partial charge in [-0.25, -0.2) is 16.8 Å². The number of nitrogens with zero attached hydrogens (tertiary/aromatic N) is 3. The number of ketones is 1. The molecule has 194 valence electrons. The number of rotatable bonds is 9. The molecule has 1 heterocycles. The minimum atomic E-state index is -5.11. The SMILES string of the molecule is CC(=O)CC(=O)NCc1ccc(N=Nc2cc(S(=O)(=O)[O-])c(N3CCOCC3)cc2S(=O)(=O)[O-])cc1.[Na+].[Na+]. The number of amides is 1. The molecule has 1 fully saturated rings. The molecule has 0 unspecified atom stereocenters. The summed E-state index contributed by atoms with van der Waals surface area (Å²) in [6.07, 6.45) is -0.233. The molecule has 1 aliphatic rings. The van der Waals surface area contributed by atoms with Gasteiger partial charge < -0.3 is 24.1 Å². The van der Waals surface area contributed by atoms with E-state index >= 15 is 0 Å². The van der Waals surface area contributed by atoms with Crippen molar-refractivity contribution in [3.8, 4) is 0 Å². The summed E-state index contributed by atoms with van der Waals surface area (Å²) in [5.41, 5.74) is 0.0602. The van der Waals surface area contributed by atoms with Crippen molar-refractivity contribution in [3.63, 3.8) is 0 Å². The first kappa shape index (κ1) is 34.8. The van der Waals surface area contributed by atoms with Crippen LogP contribution < -0.4 is 69.3 Å². The van der Waals surface area contributed by atoms with Crippen LogP contribution in [0.5, 0.6) is 0 Å². The van der Waals surface area contributed by atoms with E-state index < -0.39 is 41.6 Å². The molecule has 1 amide bonds. The number of hydrogen-bond acceptors (Lipinski definition) is 12. The van der Waals surface area contributed by atoms with E-state index in [1.807, 2.05) is 0 Å². The minimum Gasteiger partial charge on any atom is -0.744 e. The Morgan fingerprint density at radius 3 is 2.05 bits per heavy atom. The monoisotopic (exact) mass is 584 g/mol. The van der Waals surface area contributed by atoms with Crippen LogP contribution in [-0.4, -0.2) is 63.9 Å². The zero-order valence-corrected chi connectivity index (χ0v) is 26.7. The summed E-state index contributed by atoms with van der Waals surface area (Å²) >= 11 is 0. The second-order valence-corrected chi connectivity index (χ2v) is 10.5. The fraction of sp³-hybridized carbons (Fsp3) is 0.333. The number of nitrogens with one attached hydrogen (secondary N) is 1. The molecular formula is C21H22N4Na2O9S2. The van der Waals surface area contributed by atoms with Crippen LogP contribution in [0.3, 0.4) is 0 Å². The Hall–Kier alpha value is -1.24. The maximum atomic E-state index is 11.9. The number of azo groups is 1. The Labute approximate surface area is 264 Å². The van der Waals surface area contributed by atoms with Gasteiger partial charge in [-0.05, 0) is 36.8 Å². The molecule has 2 aromatic rings. The normalized spacial score (nSPS) is 13.9. The van der Waals surface area contributed by atoms with Crippen LogP contribution in [0, 0.1) is 0 Å². The molecule has 13 nitrogen and oxygen atoms in total. The molecule has 0 atom stereocenters. The molecule has 0 spiro atoms. The van der Waals surface area contributed by atoms with Crippen molar-refractivity contribution in [1.82, 2.24) is 5.32 Å². The second kappa shape index (κ2) is 14.9. The molecule has 38 heavy (non-hydrogen) atoms. The first-order valence-corrected chi connectivity index (χ1v) is 13.4. The largest absolute Gasteiger partial charge is 1.00 e. The van der Waals surface area contributed by atoms with Crippen LogP contribution >= 0.6 is 0 Å². The van der Waals surface area contributed by atoms with E-state index in [0.717, 1.165) is 12.1 Å². The number of morpholine rings is 1. The van der Waals surface area contributed by atoms with E-state index in [1.165, 1.54) is 24.0 Å². The second-order valence-electron chi connectivity index (χ2n) is 7.82. The van der Waals surface area contributed by atoms with E-state index in [9.17, 15) is 35.5 Å². The zero-order chi connectivity index (χ0) is 26.5. The third-order valence-electron chi connectivity index (χ3n) is 5.04. The van der Waals surface area contributed by atoms with E-state index in [4.69, 9.17) is 4.74 Å². The van der Waals surface area contributed by atoms with E-state index in [-0.39, 0.29) is 116 Å². The molecule has 0 radical (unpaired) electrons. The minimum absolute atomic E-state index is 0. The van der Waals surface area contributed by atoms with Gasteiger partial charge in [-0.15, -0.1) is 5.11 Å². The van der Waals surface area contributed by atoms with E-state index in [2.05, 4.69) is 15.5 Å². The Morgan fingerprint density at radius 2 is 1.53 bits per heavy atom. The average Bonchev–Trinajstić information content (AvgIpc) is 2.80. The molecule has 1 saturated heterocycles. The summed E-state index contributed by atoms with van der Waals surface area (Å²) in [7, 11) is -10.2. The van der Waals surface area contributed by atoms with Gasteiger partial charge in [0.1, 0.15) is 31.7 Å². The smallest absolute Gasteiger partial charge is 0.744 e. The van der Waals surface area contributed by atoms with Gasteiger partial charge >= 0.3 is 59.1 Å². The first-order chi connectivity index (χ1) is 16.8. The number of anilines is 1. The van der Waals surface area contributed by atoms with Gasteiger partial charge in [0.05, 0.1) is 40.8 Å². The number of carbonyl (C=O) groups is 2. The Balaban J connectivity index is 0.00000361. The van der Waals surface area contributed by atoms with Crippen LogP contribution in [0.15, 0.2) is 56.4 Å². The van der Waals surface area contributed by atoms with Crippen LogP contribution in [0.1, 0.15) is 18.9 Å². The summed E-state index contributed by atoms with van der Waals surface area (Å²) in [4.78, 5) is 22.4. The molecule has 1 N–H and O–H groups in total. The fourth-order valence-corrected chi connectivity index (χ4v) is 4.66. The van der Waals surface area contributed by atoms with Crippen molar-refractivity contribution >= 4 is 49.0 Å². The predicted octanol–water partition coefficient (Wildman–Crippen LogP) is -4.65. The molecule has 17 heteroatoms. The summed E-state index contributed by atoms with van der Waals surface area (Å²) in [6, 6.07) is 7.68. The summed E-state index contributed by atoms with van der Waals surface area (Å²) in [5, 5.41) is 10.2.